The first-order chi connectivity index (χ1) is 16.1. The highest BCUT2D eigenvalue weighted by Gasteiger charge is 2.17. The monoisotopic (exact) mass is 504 g/mol. The molecule has 0 aliphatic rings. The third-order valence-corrected chi connectivity index (χ3v) is 7.41. The molecule has 1 aromatic carbocycles. The second-order valence-corrected chi connectivity index (χ2v) is 11.0. The van der Waals surface area contributed by atoms with Gasteiger partial charge in [-0.2, -0.15) is 4.98 Å². The highest BCUT2D eigenvalue weighted by atomic mass is 32.2. The number of hydrogen-bond donors (Lipinski definition) is 3. The molecule has 3 N–H and O–H groups in total. The van der Waals surface area contributed by atoms with Crippen LogP contribution in [0, 0.1) is 13.8 Å². The van der Waals surface area contributed by atoms with Crippen molar-refractivity contribution < 1.29 is 18.8 Å². The minimum Gasteiger partial charge on any atom is -0.448 e. The average Bonchev–Trinajstić information content (AvgIpc) is 3.11. The van der Waals surface area contributed by atoms with Gasteiger partial charge in [0, 0.05) is 29.1 Å². The van der Waals surface area contributed by atoms with Gasteiger partial charge in [0.1, 0.15) is 5.82 Å². The third kappa shape index (κ3) is 6.27. The van der Waals surface area contributed by atoms with Crippen molar-refractivity contribution in [1.82, 2.24) is 15.0 Å². The van der Waals surface area contributed by atoms with Crippen LogP contribution in [-0.2, 0) is 14.5 Å². The van der Waals surface area contributed by atoms with Crippen molar-refractivity contribution in [2.24, 2.45) is 4.36 Å². The number of anilines is 3. The number of amides is 1. The first-order valence-corrected chi connectivity index (χ1v) is 13.3. The Morgan fingerprint density at radius 3 is 2.56 bits per heavy atom. The van der Waals surface area contributed by atoms with Crippen molar-refractivity contribution >= 4 is 44.6 Å². The minimum absolute atomic E-state index is 0.0541. The summed E-state index contributed by atoms with van der Waals surface area (Å²) >= 11 is 1.55. The zero-order valence-corrected chi connectivity index (χ0v) is 21.3. The molecule has 3 rings (SSSR count). The average molecular weight is 505 g/mol. The zero-order valence-electron chi connectivity index (χ0n) is 19.7. The van der Waals surface area contributed by atoms with Gasteiger partial charge in [-0.3, -0.25) is 0 Å². The van der Waals surface area contributed by atoms with Crippen LogP contribution in [0.2, 0.25) is 0 Å². The van der Waals surface area contributed by atoms with E-state index in [4.69, 9.17) is 4.74 Å². The predicted molar refractivity (Wildman–Crippen MR) is 134 cm³/mol. The van der Waals surface area contributed by atoms with Crippen molar-refractivity contribution in [2.75, 3.05) is 30.1 Å². The molecule has 10 nitrogen and oxygen atoms in total. The van der Waals surface area contributed by atoms with Gasteiger partial charge in [0.15, 0.2) is 0 Å². The van der Waals surface area contributed by atoms with E-state index in [1.165, 1.54) is 6.26 Å². The van der Waals surface area contributed by atoms with E-state index in [0.29, 0.717) is 22.3 Å². The maximum absolute atomic E-state index is 12.8. The third-order valence-electron chi connectivity index (χ3n) is 4.66. The van der Waals surface area contributed by atoms with E-state index in [0.717, 1.165) is 21.1 Å². The van der Waals surface area contributed by atoms with Crippen LogP contribution < -0.4 is 10.6 Å². The fourth-order valence-corrected chi connectivity index (χ4v) is 5.06. The number of aliphatic hydroxyl groups is 1. The van der Waals surface area contributed by atoms with Gasteiger partial charge in [0.25, 0.3) is 0 Å². The number of rotatable bonds is 8. The maximum Gasteiger partial charge on any atom is 0.442 e. The summed E-state index contributed by atoms with van der Waals surface area (Å²) in [7, 11) is -2.93. The lowest BCUT2D eigenvalue weighted by Gasteiger charge is -2.16. The summed E-state index contributed by atoms with van der Waals surface area (Å²) in [6, 6.07) is 6.44. The Balaban J connectivity index is 1.88. The number of aromatic nitrogens is 3. The molecule has 1 unspecified atom stereocenters. The summed E-state index contributed by atoms with van der Waals surface area (Å²) in [6.07, 6.45) is 2.25. The zero-order chi connectivity index (χ0) is 24.9. The molecular formula is C22H28N6O4S2. The van der Waals surface area contributed by atoms with E-state index in [-0.39, 0.29) is 19.3 Å². The standard InChI is InChI=1S/C22H28N6O4S2/c1-6-32-22(30)28-34(5,31)17-9-7-16(8-10-17)26-21-23-11-18(19-14(3)25-15(4)33-19)20(27-21)24-13(2)12-29/h7-11,13,29H,6,12H2,1-5H3,(H2,23,24,26,27)/t13-,34?/m1/s1. The second-order valence-electron chi connectivity index (χ2n) is 7.57. The number of benzene rings is 1. The van der Waals surface area contributed by atoms with Gasteiger partial charge in [-0.25, -0.2) is 19.0 Å². The van der Waals surface area contributed by atoms with Crippen molar-refractivity contribution in [3.63, 3.8) is 0 Å². The predicted octanol–water partition coefficient (Wildman–Crippen LogP) is 4.37. The van der Waals surface area contributed by atoms with Crippen LogP contribution in [0.25, 0.3) is 10.4 Å². The number of aryl methyl sites for hydroxylation is 2. The molecular weight excluding hydrogens is 476 g/mol. The number of thiazole rings is 1. The molecule has 34 heavy (non-hydrogen) atoms. The summed E-state index contributed by atoms with van der Waals surface area (Å²) < 4.78 is 21.2. The van der Waals surface area contributed by atoms with Crippen LogP contribution >= 0.6 is 11.3 Å². The van der Waals surface area contributed by atoms with E-state index in [1.54, 1.807) is 48.7 Å². The normalized spacial score (nSPS) is 13.6. The van der Waals surface area contributed by atoms with E-state index in [9.17, 15) is 14.1 Å². The molecule has 0 saturated carbocycles. The molecule has 0 saturated heterocycles. The summed E-state index contributed by atoms with van der Waals surface area (Å²) in [5.41, 5.74) is 2.35. The lowest BCUT2D eigenvalue weighted by Crippen LogP contribution is -2.21. The number of nitrogens with one attached hydrogen (secondary N) is 2. The van der Waals surface area contributed by atoms with Crippen LogP contribution in [-0.4, -0.2) is 55.9 Å². The molecule has 2 heterocycles. The smallest absolute Gasteiger partial charge is 0.442 e. The Kier molecular flexibility index (Phi) is 8.18. The molecule has 2 aromatic heterocycles. The molecule has 0 fully saturated rings. The van der Waals surface area contributed by atoms with E-state index >= 15 is 0 Å². The molecule has 3 aromatic rings. The first-order valence-electron chi connectivity index (χ1n) is 10.6. The van der Waals surface area contributed by atoms with Crippen LogP contribution in [0.5, 0.6) is 0 Å². The molecule has 0 spiro atoms. The van der Waals surface area contributed by atoms with E-state index in [2.05, 4.69) is 29.9 Å². The fourth-order valence-electron chi connectivity index (χ4n) is 3.04. The Morgan fingerprint density at radius 2 is 1.97 bits per heavy atom. The van der Waals surface area contributed by atoms with Crippen LogP contribution in [0.1, 0.15) is 24.5 Å². The Bertz CT molecular complexity index is 1280. The van der Waals surface area contributed by atoms with Crippen LogP contribution in [0.4, 0.5) is 22.2 Å². The number of hydrogen-bond acceptors (Lipinski definition) is 10. The van der Waals surface area contributed by atoms with Crippen LogP contribution in [0.3, 0.4) is 0 Å². The summed E-state index contributed by atoms with van der Waals surface area (Å²) in [5.74, 6) is 0.920. The van der Waals surface area contributed by atoms with Crippen molar-refractivity contribution in [3.8, 4) is 10.4 Å². The Hall–Kier alpha value is -3.09. The lowest BCUT2D eigenvalue weighted by molar-refractivity contribution is 0.164. The molecule has 182 valence electrons. The van der Waals surface area contributed by atoms with Gasteiger partial charge < -0.3 is 20.5 Å². The number of carbonyl (C=O) groups is 1. The summed E-state index contributed by atoms with van der Waals surface area (Å²) in [5, 5.41) is 16.8. The minimum atomic E-state index is -2.93. The van der Waals surface area contributed by atoms with Crippen molar-refractivity contribution in [1.29, 1.82) is 0 Å². The molecule has 2 atom stereocenters. The molecule has 0 aliphatic carbocycles. The molecule has 12 heteroatoms. The van der Waals surface area contributed by atoms with Crippen LogP contribution in [0.15, 0.2) is 39.7 Å². The highest BCUT2D eigenvalue weighted by Crippen LogP contribution is 2.34. The van der Waals surface area contributed by atoms with Gasteiger partial charge in [-0.05, 0) is 52.0 Å². The van der Waals surface area contributed by atoms with Gasteiger partial charge in [0.2, 0.25) is 5.95 Å². The summed E-state index contributed by atoms with van der Waals surface area (Å²) in [6.45, 7) is 7.50. The second kappa shape index (κ2) is 10.9. The number of aliphatic hydroxyl groups excluding tert-OH is 1. The number of ether oxygens (including phenoxy) is 1. The first kappa shape index (κ1) is 25.5. The Morgan fingerprint density at radius 1 is 1.26 bits per heavy atom. The quantitative estimate of drug-likeness (QED) is 0.408. The van der Waals surface area contributed by atoms with Gasteiger partial charge in [0.05, 0.1) is 44.1 Å². The van der Waals surface area contributed by atoms with Crippen molar-refractivity contribution in [3.05, 3.63) is 41.2 Å². The van der Waals surface area contributed by atoms with Gasteiger partial charge in [-0.15, -0.1) is 15.7 Å². The fraction of sp³-hybridized carbons (Fsp3) is 0.364. The Labute approximate surface area is 203 Å². The summed E-state index contributed by atoms with van der Waals surface area (Å²) in [4.78, 5) is 26.5. The molecule has 1 amide bonds. The largest absolute Gasteiger partial charge is 0.448 e. The topological polar surface area (TPSA) is 139 Å². The van der Waals surface area contributed by atoms with Gasteiger partial charge >= 0.3 is 6.09 Å². The molecule has 0 aliphatic heterocycles. The molecule has 0 bridgehead atoms. The lowest BCUT2D eigenvalue weighted by atomic mass is 10.2. The number of nitrogens with zero attached hydrogens (tertiary/aromatic N) is 4. The van der Waals surface area contributed by atoms with E-state index in [1.807, 2.05) is 20.8 Å². The maximum atomic E-state index is 12.8. The number of carbonyl (C=O) groups excluding carboxylic acids is 1. The van der Waals surface area contributed by atoms with Crippen molar-refractivity contribution in [2.45, 2.75) is 38.6 Å². The van der Waals surface area contributed by atoms with E-state index < -0.39 is 15.8 Å². The SMILES string of the molecule is CCOC(=O)N=S(C)(=O)c1ccc(Nc2ncc(-c3sc(C)nc3C)c(N[C@H](C)CO)n2)cc1. The highest BCUT2D eigenvalue weighted by molar-refractivity contribution is 7.93. The molecule has 0 radical (unpaired) electrons. The van der Waals surface area contributed by atoms with Gasteiger partial charge in [-0.1, -0.05) is 0 Å².